The zero-order valence-electron chi connectivity index (χ0n) is 13.5. The fourth-order valence-electron chi connectivity index (χ4n) is 2.25. The summed E-state index contributed by atoms with van der Waals surface area (Å²) < 4.78 is 10.7. The highest BCUT2D eigenvalue weighted by Crippen LogP contribution is 2.29. The molecule has 122 valence electrons. The van der Waals surface area contributed by atoms with Crippen LogP contribution < -0.4 is 14.8 Å². The van der Waals surface area contributed by atoms with Crippen molar-refractivity contribution < 1.29 is 9.47 Å². The summed E-state index contributed by atoms with van der Waals surface area (Å²) in [5, 5.41) is 12.3. The standard InChI is InChI=1S/C18H20N2O2.ClH/c1-13(17-9-8-16(21-2)10-18(17)22-3)20-12-15-6-4-14(11-19)5-7-15;/h4-10,13,20H,12H2,1-3H3;1H. The van der Waals surface area contributed by atoms with Gasteiger partial charge in [0.05, 0.1) is 25.9 Å². The Balaban J connectivity index is 0.00000264. The Kier molecular flexibility index (Phi) is 7.40. The van der Waals surface area contributed by atoms with Crippen LogP contribution in [0.2, 0.25) is 0 Å². The number of hydrogen-bond donors (Lipinski definition) is 1. The van der Waals surface area contributed by atoms with Crippen LogP contribution in [0, 0.1) is 11.3 Å². The average molecular weight is 333 g/mol. The molecule has 0 amide bonds. The molecule has 2 rings (SSSR count). The lowest BCUT2D eigenvalue weighted by molar-refractivity contribution is 0.386. The highest BCUT2D eigenvalue weighted by Gasteiger charge is 2.12. The molecule has 4 nitrogen and oxygen atoms in total. The summed E-state index contributed by atoms with van der Waals surface area (Å²) in [7, 11) is 3.30. The third-order valence-electron chi connectivity index (χ3n) is 3.60. The van der Waals surface area contributed by atoms with Crippen molar-refractivity contribution in [3.63, 3.8) is 0 Å². The molecular formula is C18H21ClN2O2. The molecular weight excluding hydrogens is 312 g/mol. The second-order valence-corrected chi connectivity index (χ2v) is 5.02. The van der Waals surface area contributed by atoms with Gasteiger partial charge in [-0.25, -0.2) is 0 Å². The van der Waals surface area contributed by atoms with Crippen molar-refractivity contribution >= 4 is 12.4 Å². The van der Waals surface area contributed by atoms with Gasteiger partial charge in [-0.05, 0) is 30.7 Å². The van der Waals surface area contributed by atoms with Crippen LogP contribution in [0.4, 0.5) is 0 Å². The van der Waals surface area contributed by atoms with Crippen molar-refractivity contribution in [1.29, 1.82) is 5.26 Å². The Labute approximate surface area is 143 Å². The van der Waals surface area contributed by atoms with Crippen LogP contribution in [0.3, 0.4) is 0 Å². The van der Waals surface area contributed by atoms with Gasteiger partial charge in [0, 0.05) is 24.2 Å². The molecule has 0 radical (unpaired) electrons. The monoisotopic (exact) mass is 332 g/mol. The van der Waals surface area contributed by atoms with Crippen LogP contribution in [-0.4, -0.2) is 14.2 Å². The predicted octanol–water partition coefficient (Wildman–Crippen LogP) is 3.85. The Morgan fingerprint density at radius 3 is 2.35 bits per heavy atom. The van der Waals surface area contributed by atoms with E-state index >= 15 is 0 Å². The van der Waals surface area contributed by atoms with Crippen molar-refractivity contribution in [1.82, 2.24) is 5.32 Å². The lowest BCUT2D eigenvalue weighted by Crippen LogP contribution is -2.18. The Bertz CT molecular complexity index is 666. The molecule has 0 spiro atoms. The molecule has 0 aliphatic rings. The van der Waals surface area contributed by atoms with E-state index in [0.717, 1.165) is 29.2 Å². The maximum atomic E-state index is 8.81. The fraction of sp³-hybridized carbons (Fsp3) is 0.278. The second kappa shape index (κ2) is 9.04. The molecule has 0 heterocycles. The topological polar surface area (TPSA) is 54.3 Å². The average Bonchev–Trinajstić information content (AvgIpc) is 2.59. The summed E-state index contributed by atoms with van der Waals surface area (Å²) in [6.07, 6.45) is 0. The first-order valence-electron chi connectivity index (χ1n) is 7.12. The summed E-state index contributed by atoms with van der Waals surface area (Å²) in [5.41, 5.74) is 2.89. The van der Waals surface area contributed by atoms with E-state index in [4.69, 9.17) is 14.7 Å². The van der Waals surface area contributed by atoms with E-state index in [2.05, 4.69) is 18.3 Å². The fourth-order valence-corrected chi connectivity index (χ4v) is 2.25. The Hall–Kier alpha value is -2.22. The van der Waals surface area contributed by atoms with E-state index in [-0.39, 0.29) is 18.4 Å². The maximum Gasteiger partial charge on any atom is 0.127 e. The first-order valence-corrected chi connectivity index (χ1v) is 7.12. The molecule has 0 bridgehead atoms. The largest absolute Gasteiger partial charge is 0.497 e. The summed E-state index contributed by atoms with van der Waals surface area (Å²) in [4.78, 5) is 0. The van der Waals surface area contributed by atoms with Gasteiger partial charge >= 0.3 is 0 Å². The molecule has 0 fully saturated rings. The summed E-state index contributed by atoms with van der Waals surface area (Å²) in [6.45, 7) is 2.82. The molecule has 0 aliphatic heterocycles. The van der Waals surface area contributed by atoms with Gasteiger partial charge in [0.2, 0.25) is 0 Å². The molecule has 23 heavy (non-hydrogen) atoms. The molecule has 0 aromatic heterocycles. The van der Waals surface area contributed by atoms with Crippen molar-refractivity contribution in [2.75, 3.05) is 14.2 Å². The molecule has 0 aliphatic carbocycles. The van der Waals surface area contributed by atoms with Crippen LogP contribution in [0.1, 0.15) is 29.7 Å². The Morgan fingerprint density at radius 2 is 1.78 bits per heavy atom. The quantitative estimate of drug-likeness (QED) is 0.873. The normalized spacial score (nSPS) is 11.0. The molecule has 0 saturated heterocycles. The van der Waals surface area contributed by atoms with Crippen LogP contribution in [0.5, 0.6) is 11.5 Å². The number of hydrogen-bond acceptors (Lipinski definition) is 4. The third kappa shape index (κ3) is 4.88. The number of methoxy groups -OCH3 is 2. The van der Waals surface area contributed by atoms with Crippen molar-refractivity contribution in [3.05, 3.63) is 59.2 Å². The smallest absolute Gasteiger partial charge is 0.127 e. The van der Waals surface area contributed by atoms with E-state index in [0.29, 0.717) is 5.56 Å². The third-order valence-corrected chi connectivity index (χ3v) is 3.60. The number of nitrogens with one attached hydrogen (secondary N) is 1. The number of halogens is 1. The van der Waals surface area contributed by atoms with Gasteiger partial charge < -0.3 is 14.8 Å². The van der Waals surface area contributed by atoms with Gasteiger partial charge in [-0.15, -0.1) is 12.4 Å². The van der Waals surface area contributed by atoms with E-state index < -0.39 is 0 Å². The molecule has 1 atom stereocenters. The van der Waals surface area contributed by atoms with Crippen LogP contribution >= 0.6 is 12.4 Å². The number of nitriles is 1. The van der Waals surface area contributed by atoms with E-state index in [1.165, 1.54) is 0 Å². The zero-order chi connectivity index (χ0) is 15.9. The van der Waals surface area contributed by atoms with Gasteiger partial charge in [-0.2, -0.15) is 5.26 Å². The summed E-state index contributed by atoms with van der Waals surface area (Å²) in [5.74, 6) is 1.58. The predicted molar refractivity (Wildman–Crippen MR) is 93.2 cm³/mol. The maximum absolute atomic E-state index is 8.81. The van der Waals surface area contributed by atoms with Crippen LogP contribution in [-0.2, 0) is 6.54 Å². The molecule has 1 N–H and O–H groups in total. The van der Waals surface area contributed by atoms with Crippen LogP contribution in [0.25, 0.3) is 0 Å². The minimum absolute atomic E-state index is 0. The SMILES string of the molecule is COc1ccc(C(C)NCc2ccc(C#N)cc2)c(OC)c1.Cl. The van der Waals surface area contributed by atoms with Gasteiger partial charge in [-0.1, -0.05) is 18.2 Å². The van der Waals surface area contributed by atoms with Crippen LogP contribution in [0.15, 0.2) is 42.5 Å². The number of nitrogens with zero attached hydrogens (tertiary/aromatic N) is 1. The minimum Gasteiger partial charge on any atom is -0.497 e. The highest BCUT2D eigenvalue weighted by molar-refractivity contribution is 5.85. The summed E-state index contributed by atoms with van der Waals surface area (Å²) in [6, 6.07) is 15.7. The Morgan fingerprint density at radius 1 is 1.09 bits per heavy atom. The van der Waals surface area contributed by atoms with Gasteiger partial charge in [-0.3, -0.25) is 0 Å². The van der Waals surface area contributed by atoms with Crippen molar-refractivity contribution in [2.24, 2.45) is 0 Å². The molecule has 2 aromatic carbocycles. The number of ether oxygens (including phenoxy) is 2. The van der Waals surface area contributed by atoms with Crippen molar-refractivity contribution in [2.45, 2.75) is 19.5 Å². The van der Waals surface area contributed by atoms with Gasteiger partial charge in [0.1, 0.15) is 11.5 Å². The van der Waals surface area contributed by atoms with Gasteiger partial charge in [0.15, 0.2) is 0 Å². The molecule has 1 unspecified atom stereocenters. The zero-order valence-corrected chi connectivity index (χ0v) is 14.3. The minimum atomic E-state index is 0. The van der Waals surface area contributed by atoms with E-state index in [1.54, 1.807) is 14.2 Å². The van der Waals surface area contributed by atoms with E-state index in [9.17, 15) is 0 Å². The lowest BCUT2D eigenvalue weighted by Gasteiger charge is -2.18. The first kappa shape index (κ1) is 18.8. The molecule has 2 aromatic rings. The molecule has 0 saturated carbocycles. The van der Waals surface area contributed by atoms with Gasteiger partial charge in [0.25, 0.3) is 0 Å². The van der Waals surface area contributed by atoms with Crippen molar-refractivity contribution in [3.8, 4) is 17.6 Å². The number of benzene rings is 2. The number of rotatable bonds is 6. The highest BCUT2D eigenvalue weighted by atomic mass is 35.5. The first-order chi connectivity index (χ1) is 10.7. The lowest BCUT2D eigenvalue weighted by atomic mass is 10.1. The second-order valence-electron chi connectivity index (χ2n) is 5.02. The van der Waals surface area contributed by atoms with E-state index in [1.807, 2.05) is 42.5 Å². The molecule has 5 heteroatoms. The summed E-state index contributed by atoms with van der Waals surface area (Å²) >= 11 is 0.